The summed E-state index contributed by atoms with van der Waals surface area (Å²) in [4.78, 5) is 0. The van der Waals surface area contributed by atoms with Gasteiger partial charge < -0.3 is 9.84 Å². The number of hydrogen-bond acceptors (Lipinski definition) is 2. The van der Waals surface area contributed by atoms with E-state index in [9.17, 15) is 13.2 Å². The van der Waals surface area contributed by atoms with Gasteiger partial charge in [-0.3, -0.25) is 0 Å². The van der Waals surface area contributed by atoms with Crippen LogP contribution in [0.15, 0.2) is 18.2 Å². The van der Waals surface area contributed by atoms with Gasteiger partial charge in [0.05, 0.1) is 6.61 Å². The van der Waals surface area contributed by atoms with E-state index in [0.29, 0.717) is 0 Å². The standard InChI is InChI=1S/C9H9F3O2/c10-7-1-6(4-13)2-8(3-7)14-5-9(11)12/h1-3,9,13H,4-5H2. The third-order valence-corrected chi connectivity index (χ3v) is 1.49. The summed E-state index contributed by atoms with van der Waals surface area (Å²) < 4.78 is 40.8. The molecule has 0 saturated heterocycles. The molecule has 1 rings (SSSR count). The zero-order chi connectivity index (χ0) is 10.6. The Balaban J connectivity index is 2.71. The van der Waals surface area contributed by atoms with Gasteiger partial charge in [0.25, 0.3) is 6.43 Å². The van der Waals surface area contributed by atoms with Gasteiger partial charge in [-0.1, -0.05) is 0 Å². The molecule has 0 aliphatic carbocycles. The zero-order valence-electron chi connectivity index (χ0n) is 7.21. The second-order valence-electron chi connectivity index (χ2n) is 2.66. The molecule has 0 spiro atoms. The van der Waals surface area contributed by atoms with E-state index in [1.807, 2.05) is 0 Å². The topological polar surface area (TPSA) is 29.5 Å². The molecule has 5 heteroatoms. The molecule has 0 saturated carbocycles. The quantitative estimate of drug-likeness (QED) is 0.815. The molecule has 1 aromatic carbocycles. The van der Waals surface area contributed by atoms with Gasteiger partial charge in [0.1, 0.15) is 18.2 Å². The van der Waals surface area contributed by atoms with Crippen molar-refractivity contribution in [2.24, 2.45) is 0 Å². The molecule has 0 heterocycles. The highest BCUT2D eigenvalue weighted by Crippen LogP contribution is 2.17. The lowest BCUT2D eigenvalue weighted by molar-refractivity contribution is 0.0816. The molecule has 2 nitrogen and oxygen atoms in total. The summed E-state index contributed by atoms with van der Waals surface area (Å²) >= 11 is 0. The molecule has 0 bridgehead atoms. The van der Waals surface area contributed by atoms with E-state index in [1.165, 1.54) is 6.07 Å². The Morgan fingerprint density at radius 3 is 2.57 bits per heavy atom. The maximum atomic E-state index is 12.8. The van der Waals surface area contributed by atoms with Gasteiger partial charge in [-0.2, -0.15) is 0 Å². The molecule has 0 amide bonds. The molecule has 14 heavy (non-hydrogen) atoms. The van der Waals surface area contributed by atoms with Crippen LogP contribution in [0, 0.1) is 5.82 Å². The minimum absolute atomic E-state index is 0.00523. The van der Waals surface area contributed by atoms with Gasteiger partial charge >= 0.3 is 0 Å². The lowest BCUT2D eigenvalue weighted by Crippen LogP contribution is -2.07. The highest BCUT2D eigenvalue weighted by molar-refractivity contribution is 5.29. The van der Waals surface area contributed by atoms with Crippen molar-refractivity contribution in [1.29, 1.82) is 0 Å². The van der Waals surface area contributed by atoms with Crippen LogP contribution in [0.3, 0.4) is 0 Å². The molecule has 0 aromatic heterocycles. The monoisotopic (exact) mass is 206 g/mol. The molecule has 78 valence electrons. The SMILES string of the molecule is OCc1cc(F)cc(OCC(F)F)c1. The molecular weight excluding hydrogens is 197 g/mol. The van der Waals surface area contributed by atoms with Gasteiger partial charge in [-0.05, 0) is 17.7 Å². The number of benzene rings is 1. The largest absolute Gasteiger partial charge is 0.488 e. The smallest absolute Gasteiger partial charge is 0.272 e. The van der Waals surface area contributed by atoms with Gasteiger partial charge in [-0.25, -0.2) is 13.2 Å². The van der Waals surface area contributed by atoms with Crippen LogP contribution in [0.2, 0.25) is 0 Å². The van der Waals surface area contributed by atoms with Crippen LogP contribution in [0.5, 0.6) is 5.75 Å². The molecule has 0 atom stereocenters. The Labute approximate surface area is 78.9 Å². The number of aliphatic hydroxyl groups is 1. The van der Waals surface area contributed by atoms with Crippen LogP contribution in [-0.2, 0) is 6.61 Å². The highest BCUT2D eigenvalue weighted by atomic mass is 19.3. The second-order valence-corrected chi connectivity index (χ2v) is 2.66. The lowest BCUT2D eigenvalue weighted by Gasteiger charge is -2.06. The summed E-state index contributed by atoms with van der Waals surface area (Å²) in [6, 6.07) is 3.40. The van der Waals surface area contributed by atoms with Crippen molar-refractivity contribution in [3.8, 4) is 5.75 Å². The third-order valence-electron chi connectivity index (χ3n) is 1.49. The van der Waals surface area contributed by atoms with Gasteiger partial charge in [-0.15, -0.1) is 0 Å². The predicted octanol–water partition coefficient (Wildman–Crippen LogP) is 1.96. The second kappa shape index (κ2) is 4.85. The minimum atomic E-state index is -2.60. The Morgan fingerprint density at radius 1 is 1.29 bits per heavy atom. The summed E-state index contributed by atoms with van der Waals surface area (Å²) in [6.07, 6.45) is -2.60. The maximum Gasteiger partial charge on any atom is 0.272 e. The van der Waals surface area contributed by atoms with Crippen LogP contribution in [0.1, 0.15) is 5.56 Å². The third kappa shape index (κ3) is 3.26. The van der Waals surface area contributed by atoms with E-state index >= 15 is 0 Å². The number of alkyl halides is 2. The van der Waals surface area contributed by atoms with Crippen LogP contribution in [0.4, 0.5) is 13.2 Å². The molecular formula is C9H9F3O2. The van der Waals surface area contributed by atoms with Crippen LogP contribution >= 0.6 is 0 Å². The van der Waals surface area contributed by atoms with Crippen molar-refractivity contribution in [1.82, 2.24) is 0 Å². The Kier molecular flexibility index (Phi) is 3.76. The van der Waals surface area contributed by atoms with Crippen LogP contribution < -0.4 is 4.74 Å². The molecule has 0 unspecified atom stereocenters. The lowest BCUT2D eigenvalue weighted by atomic mass is 10.2. The van der Waals surface area contributed by atoms with Crippen molar-refractivity contribution in [2.45, 2.75) is 13.0 Å². The first-order valence-electron chi connectivity index (χ1n) is 3.93. The van der Waals surface area contributed by atoms with E-state index in [4.69, 9.17) is 5.11 Å². The normalized spacial score (nSPS) is 10.6. The van der Waals surface area contributed by atoms with Crippen molar-refractivity contribution in [3.05, 3.63) is 29.6 Å². The van der Waals surface area contributed by atoms with Crippen molar-refractivity contribution >= 4 is 0 Å². The summed E-state index contributed by atoms with van der Waals surface area (Å²) in [6.45, 7) is -1.14. The predicted molar refractivity (Wildman–Crippen MR) is 43.8 cm³/mol. The zero-order valence-corrected chi connectivity index (χ0v) is 7.21. The van der Waals surface area contributed by atoms with Crippen molar-refractivity contribution in [3.63, 3.8) is 0 Å². The average Bonchev–Trinajstić information content (AvgIpc) is 2.14. The highest BCUT2D eigenvalue weighted by Gasteiger charge is 2.05. The first kappa shape index (κ1) is 10.8. The molecule has 0 fully saturated rings. The Morgan fingerprint density at radius 2 is 2.00 bits per heavy atom. The minimum Gasteiger partial charge on any atom is -0.488 e. The Hall–Kier alpha value is -1.23. The average molecular weight is 206 g/mol. The fourth-order valence-corrected chi connectivity index (χ4v) is 0.955. The molecule has 0 aliphatic heterocycles. The summed E-state index contributed by atoms with van der Waals surface area (Å²) in [5.41, 5.74) is 0.286. The van der Waals surface area contributed by atoms with Crippen molar-refractivity contribution in [2.75, 3.05) is 6.61 Å². The van der Waals surface area contributed by atoms with Crippen LogP contribution in [0.25, 0.3) is 0 Å². The summed E-state index contributed by atoms with van der Waals surface area (Å²) in [5.74, 6) is -0.629. The summed E-state index contributed by atoms with van der Waals surface area (Å²) in [5, 5.41) is 8.69. The maximum absolute atomic E-state index is 12.8. The number of ether oxygens (including phenoxy) is 1. The van der Waals surface area contributed by atoms with E-state index < -0.39 is 18.8 Å². The summed E-state index contributed by atoms with van der Waals surface area (Å²) in [7, 11) is 0. The Bertz CT molecular complexity index is 302. The van der Waals surface area contributed by atoms with Gasteiger partial charge in [0.15, 0.2) is 0 Å². The molecule has 0 aliphatic rings. The first-order chi connectivity index (χ1) is 6.61. The van der Waals surface area contributed by atoms with E-state index in [-0.39, 0.29) is 17.9 Å². The fraction of sp³-hybridized carbons (Fsp3) is 0.333. The van der Waals surface area contributed by atoms with E-state index in [0.717, 1.165) is 12.1 Å². The fourth-order valence-electron chi connectivity index (χ4n) is 0.955. The molecule has 0 radical (unpaired) electrons. The van der Waals surface area contributed by atoms with Gasteiger partial charge in [0, 0.05) is 6.07 Å². The molecule has 1 N–H and O–H groups in total. The number of hydrogen-bond donors (Lipinski definition) is 1. The van der Waals surface area contributed by atoms with E-state index in [2.05, 4.69) is 4.74 Å². The number of halogens is 3. The first-order valence-corrected chi connectivity index (χ1v) is 3.93. The molecule has 1 aromatic rings. The van der Waals surface area contributed by atoms with Crippen LogP contribution in [-0.4, -0.2) is 18.1 Å². The van der Waals surface area contributed by atoms with E-state index in [1.54, 1.807) is 0 Å². The number of aliphatic hydroxyl groups excluding tert-OH is 1. The van der Waals surface area contributed by atoms with Gasteiger partial charge in [0.2, 0.25) is 0 Å². The number of rotatable bonds is 4. The van der Waals surface area contributed by atoms with Crippen molar-refractivity contribution < 1.29 is 23.0 Å².